The third-order valence-corrected chi connectivity index (χ3v) is 2.33. The van der Waals surface area contributed by atoms with Crippen LogP contribution in [0.4, 0.5) is 0 Å². The zero-order valence-electron chi connectivity index (χ0n) is 7.71. The molecule has 0 amide bonds. The van der Waals surface area contributed by atoms with Crippen LogP contribution in [0.5, 0.6) is 0 Å². The minimum Gasteiger partial charge on any atom is -0.342 e. The van der Waals surface area contributed by atoms with Crippen molar-refractivity contribution in [2.24, 2.45) is 0 Å². The van der Waals surface area contributed by atoms with Gasteiger partial charge in [0.15, 0.2) is 0 Å². The van der Waals surface area contributed by atoms with Gasteiger partial charge in [-0.2, -0.15) is 8.42 Å². The smallest absolute Gasteiger partial charge is 0.291 e. The lowest BCUT2D eigenvalue weighted by Gasteiger charge is -2.25. The average molecular weight is 229 g/mol. The predicted octanol–water partition coefficient (Wildman–Crippen LogP) is -2.13. The van der Waals surface area contributed by atoms with Gasteiger partial charge in [0, 0.05) is 0 Å². The van der Waals surface area contributed by atoms with Crippen LogP contribution in [0, 0.1) is 0 Å². The molecule has 0 spiro atoms. The van der Waals surface area contributed by atoms with Crippen LogP contribution in [-0.2, 0) is 10.1 Å². The minimum absolute atomic E-state index is 0.309. The van der Waals surface area contributed by atoms with Gasteiger partial charge in [-0.15, -0.1) is 0 Å². The lowest BCUT2D eigenvalue weighted by Crippen LogP contribution is -2.51. The molecule has 1 unspecified atom stereocenters. The molecular formula is C6H15NO6S. The van der Waals surface area contributed by atoms with E-state index in [0.717, 1.165) is 0 Å². The lowest BCUT2D eigenvalue weighted by molar-refractivity contribution is -0.327. The standard InChI is InChI=1S/C6H15NO6S/c1-2-7-5(6(8,9)10)3-4-14(11,12)13/h5,7-10H,2-4H2,1H3,(H,11,12,13). The Balaban J connectivity index is 4.25. The van der Waals surface area contributed by atoms with E-state index in [4.69, 9.17) is 19.9 Å². The Morgan fingerprint density at radius 3 is 2.14 bits per heavy atom. The second kappa shape index (κ2) is 5.01. The maximum Gasteiger partial charge on any atom is 0.291 e. The predicted molar refractivity (Wildman–Crippen MR) is 47.9 cm³/mol. The number of hydrogen-bond donors (Lipinski definition) is 5. The number of nitrogens with one attached hydrogen (secondary N) is 1. The summed E-state index contributed by atoms with van der Waals surface area (Å²) >= 11 is 0. The van der Waals surface area contributed by atoms with Gasteiger partial charge in [-0.05, 0) is 13.0 Å². The molecule has 8 heteroatoms. The molecule has 0 aromatic heterocycles. The molecule has 0 heterocycles. The van der Waals surface area contributed by atoms with Gasteiger partial charge in [-0.3, -0.25) is 4.55 Å². The third kappa shape index (κ3) is 6.24. The van der Waals surface area contributed by atoms with Crippen molar-refractivity contribution in [3.05, 3.63) is 0 Å². The van der Waals surface area contributed by atoms with Gasteiger partial charge >= 0.3 is 0 Å². The Morgan fingerprint density at radius 2 is 1.86 bits per heavy atom. The van der Waals surface area contributed by atoms with Crippen molar-refractivity contribution >= 4 is 10.1 Å². The number of rotatable bonds is 6. The molecule has 0 saturated heterocycles. The minimum atomic E-state index is -4.17. The first kappa shape index (κ1) is 13.8. The molecular weight excluding hydrogens is 214 g/mol. The van der Waals surface area contributed by atoms with Crippen molar-refractivity contribution in [1.82, 2.24) is 5.32 Å². The van der Waals surface area contributed by atoms with Crippen LogP contribution in [-0.4, -0.2) is 52.6 Å². The van der Waals surface area contributed by atoms with E-state index >= 15 is 0 Å². The molecule has 0 aliphatic rings. The van der Waals surface area contributed by atoms with Crippen LogP contribution in [0.15, 0.2) is 0 Å². The Kier molecular flexibility index (Phi) is 4.92. The van der Waals surface area contributed by atoms with Gasteiger partial charge < -0.3 is 20.6 Å². The summed E-state index contributed by atoms with van der Waals surface area (Å²) in [4.78, 5) is 0. The van der Waals surface area contributed by atoms with Crippen molar-refractivity contribution in [2.45, 2.75) is 25.4 Å². The normalized spacial score (nSPS) is 15.5. The molecule has 14 heavy (non-hydrogen) atoms. The van der Waals surface area contributed by atoms with E-state index in [2.05, 4.69) is 5.32 Å². The SMILES string of the molecule is CCNC(CCS(=O)(=O)O)C(O)(O)O. The summed E-state index contributed by atoms with van der Waals surface area (Å²) in [6.45, 7) is 1.96. The maximum absolute atomic E-state index is 10.3. The van der Waals surface area contributed by atoms with Crippen LogP contribution >= 0.6 is 0 Å². The average Bonchev–Trinajstić information content (AvgIpc) is 1.93. The van der Waals surface area contributed by atoms with Gasteiger partial charge in [0.05, 0.1) is 11.8 Å². The van der Waals surface area contributed by atoms with E-state index in [1.54, 1.807) is 6.92 Å². The first-order valence-electron chi connectivity index (χ1n) is 4.02. The summed E-state index contributed by atoms with van der Waals surface area (Å²) in [5.74, 6) is -3.66. The Bertz CT molecular complexity index is 256. The van der Waals surface area contributed by atoms with Crippen molar-refractivity contribution < 1.29 is 28.3 Å². The van der Waals surface area contributed by atoms with Crippen LogP contribution in [0.2, 0.25) is 0 Å². The molecule has 86 valence electrons. The molecule has 1 atom stereocenters. The fourth-order valence-electron chi connectivity index (χ4n) is 0.946. The monoisotopic (exact) mass is 229 g/mol. The van der Waals surface area contributed by atoms with E-state index in [0.29, 0.717) is 6.54 Å². The highest BCUT2D eigenvalue weighted by molar-refractivity contribution is 7.85. The third-order valence-electron chi connectivity index (χ3n) is 1.58. The van der Waals surface area contributed by atoms with E-state index in [1.165, 1.54) is 0 Å². The zero-order chi connectivity index (χ0) is 11.4. The molecule has 0 radical (unpaired) electrons. The quantitative estimate of drug-likeness (QED) is 0.260. The summed E-state index contributed by atoms with van der Waals surface area (Å²) in [6.07, 6.45) is -0.309. The molecule has 0 aromatic carbocycles. The van der Waals surface area contributed by atoms with Crippen molar-refractivity contribution in [1.29, 1.82) is 0 Å². The fraction of sp³-hybridized carbons (Fsp3) is 1.00. The van der Waals surface area contributed by atoms with Crippen molar-refractivity contribution in [3.8, 4) is 0 Å². The number of aliphatic hydroxyl groups is 3. The topological polar surface area (TPSA) is 127 Å². The largest absolute Gasteiger partial charge is 0.342 e. The Hall–Kier alpha value is -0.250. The molecule has 0 saturated carbocycles. The molecule has 0 aliphatic carbocycles. The molecule has 7 nitrogen and oxygen atoms in total. The maximum atomic E-state index is 10.3. The van der Waals surface area contributed by atoms with Gasteiger partial charge in [0.1, 0.15) is 0 Å². The van der Waals surface area contributed by atoms with Gasteiger partial charge in [-0.25, -0.2) is 0 Å². The second-order valence-electron chi connectivity index (χ2n) is 2.87. The van der Waals surface area contributed by atoms with E-state index in [9.17, 15) is 8.42 Å². The first-order chi connectivity index (χ1) is 6.17. The Morgan fingerprint density at radius 1 is 1.36 bits per heavy atom. The first-order valence-corrected chi connectivity index (χ1v) is 5.63. The van der Waals surface area contributed by atoms with E-state index in [1.807, 2.05) is 0 Å². The summed E-state index contributed by atoms with van der Waals surface area (Å²) < 4.78 is 29.1. The van der Waals surface area contributed by atoms with Gasteiger partial charge in [-0.1, -0.05) is 6.92 Å². The molecule has 0 aliphatic heterocycles. The number of hydrogen-bond acceptors (Lipinski definition) is 6. The molecule has 0 fully saturated rings. The summed E-state index contributed by atoms with van der Waals surface area (Å²) in [5, 5.41) is 28.8. The Labute approximate surface area is 82.1 Å². The van der Waals surface area contributed by atoms with Crippen LogP contribution in [0.25, 0.3) is 0 Å². The molecule has 0 bridgehead atoms. The highest BCUT2D eigenvalue weighted by Crippen LogP contribution is 2.07. The number of likely N-dealkylation sites (N-methyl/N-ethyl adjacent to an activating group) is 1. The van der Waals surface area contributed by atoms with Gasteiger partial charge in [0.2, 0.25) is 0 Å². The highest BCUT2D eigenvalue weighted by atomic mass is 32.2. The van der Waals surface area contributed by atoms with Crippen molar-refractivity contribution in [3.63, 3.8) is 0 Å². The van der Waals surface area contributed by atoms with Crippen molar-refractivity contribution in [2.75, 3.05) is 12.3 Å². The summed E-state index contributed by atoms with van der Waals surface area (Å²) in [5.41, 5.74) is 0. The lowest BCUT2D eigenvalue weighted by atomic mass is 10.2. The van der Waals surface area contributed by atoms with Crippen LogP contribution in [0.3, 0.4) is 0 Å². The highest BCUT2D eigenvalue weighted by Gasteiger charge is 2.32. The van der Waals surface area contributed by atoms with Crippen LogP contribution < -0.4 is 5.32 Å². The van der Waals surface area contributed by atoms with E-state index in [-0.39, 0.29) is 6.42 Å². The second-order valence-corrected chi connectivity index (χ2v) is 4.44. The van der Waals surface area contributed by atoms with Gasteiger partial charge in [0.25, 0.3) is 16.1 Å². The summed E-state index contributed by atoms with van der Waals surface area (Å²) in [7, 11) is -4.17. The van der Waals surface area contributed by atoms with Crippen LogP contribution in [0.1, 0.15) is 13.3 Å². The summed E-state index contributed by atoms with van der Waals surface area (Å²) in [6, 6.07) is -1.23. The molecule has 0 aromatic rings. The molecule has 5 N–H and O–H groups in total. The zero-order valence-corrected chi connectivity index (χ0v) is 8.53. The molecule has 0 rings (SSSR count). The fourth-order valence-corrected chi connectivity index (χ4v) is 1.48. The van der Waals surface area contributed by atoms with E-state index < -0.39 is 27.9 Å².